The molecular weight excluding hydrogens is 255 g/mol. The van der Waals surface area contributed by atoms with Gasteiger partial charge in [-0.15, -0.1) is 0 Å². The van der Waals surface area contributed by atoms with Crippen LogP contribution < -0.4 is 15.4 Å². The van der Waals surface area contributed by atoms with Crippen LogP contribution in [0.3, 0.4) is 0 Å². The van der Waals surface area contributed by atoms with Crippen LogP contribution in [0.5, 0.6) is 5.75 Å². The van der Waals surface area contributed by atoms with Crippen molar-refractivity contribution < 1.29 is 23.8 Å². The number of carboxylic acid groups (broad SMARTS) is 1. The van der Waals surface area contributed by atoms with Crippen LogP contribution in [0.4, 0.5) is 9.18 Å². The molecule has 0 unspecified atom stereocenters. The molecule has 0 saturated heterocycles. The molecule has 1 aromatic carbocycles. The van der Waals surface area contributed by atoms with Gasteiger partial charge in [-0.05, 0) is 12.1 Å². The van der Waals surface area contributed by atoms with Crippen LogP contribution in [0.1, 0.15) is 6.42 Å². The van der Waals surface area contributed by atoms with E-state index in [-0.39, 0.29) is 26.1 Å². The Labute approximate surface area is 109 Å². The Hall–Kier alpha value is -2.31. The maximum absolute atomic E-state index is 12.8. The zero-order valence-corrected chi connectivity index (χ0v) is 10.2. The van der Waals surface area contributed by atoms with E-state index in [1.807, 2.05) is 0 Å². The fourth-order valence-corrected chi connectivity index (χ4v) is 1.24. The lowest BCUT2D eigenvalue weighted by Gasteiger charge is -2.08. The molecule has 6 nitrogen and oxygen atoms in total. The highest BCUT2D eigenvalue weighted by Gasteiger charge is 2.01. The summed E-state index contributed by atoms with van der Waals surface area (Å²) in [7, 11) is 0. The normalized spacial score (nSPS) is 9.74. The van der Waals surface area contributed by atoms with Crippen molar-refractivity contribution in [2.75, 3.05) is 19.7 Å². The average molecular weight is 270 g/mol. The van der Waals surface area contributed by atoms with Crippen LogP contribution >= 0.6 is 0 Å². The van der Waals surface area contributed by atoms with E-state index in [9.17, 15) is 14.0 Å². The maximum atomic E-state index is 12.8. The molecule has 1 rings (SSSR count). The van der Waals surface area contributed by atoms with Crippen molar-refractivity contribution in [3.8, 4) is 5.75 Å². The van der Waals surface area contributed by atoms with Crippen molar-refractivity contribution in [3.63, 3.8) is 0 Å². The Morgan fingerprint density at radius 2 is 2.00 bits per heavy atom. The summed E-state index contributed by atoms with van der Waals surface area (Å²) in [4.78, 5) is 21.4. The lowest BCUT2D eigenvalue weighted by atomic mass is 10.3. The Balaban J connectivity index is 2.10. The van der Waals surface area contributed by atoms with E-state index >= 15 is 0 Å². The average Bonchev–Trinajstić information content (AvgIpc) is 2.34. The summed E-state index contributed by atoms with van der Waals surface area (Å²) >= 11 is 0. The Morgan fingerprint density at radius 1 is 1.26 bits per heavy atom. The summed E-state index contributed by atoms with van der Waals surface area (Å²) in [5.74, 6) is -0.986. The Bertz CT molecular complexity index is 439. The number of nitrogens with one attached hydrogen (secondary N) is 2. The van der Waals surface area contributed by atoms with E-state index in [0.29, 0.717) is 5.75 Å². The molecule has 19 heavy (non-hydrogen) atoms. The minimum Gasteiger partial charge on any atom is -0.492 e. The molecule has 0 aliphatic rings. The molecule has 0 radical (unpaired) electrons. The van der Waals surface area contributed by atoms with Gasteiger partial charge in [-0.1, -0.05) is 6.07 Å². The van der Waals surface area contributed by atoms with Gasteiger partial charge in [0.2, 0.25) is 0 Å². The van der Waals surface area contributed by atoms with Gasteiger partial charge in [0, 0.05) is 12.6 Å². The Kier molecular flexibility index (Phi) is 6.14. The third-order valence-corrected chi connectivity index (χ3v) is 2.08. The van der Waals surface area contributed by atoms with Crippen molar-refractivity contribution in [2.45, 2.75) is 6.42 Å². The number of halogens is 1. The third-order valence-electron chi connectivity index (χ3n) is 2.08. The van der Waals surface area contributed by atoms with Gasteiger partial charge in [0.1, 0.15) is 18.2 Å². The highest BCUT2D eigenvalue weighted by molar-refractivity contribution is 5.74. The zero-order chi connectivity index (χ0) is 14.1. The van der Waals surface area contributed by atoms with Gasteiger partial charge >= 0.3 is 12.0 Å². The lowest BCUT2D eigenvalue weighted by Crippen LogP contribution is -2.38. The Morgan fingerprint density at radius 3 is 2.68 bits per heavy atom. The quantitative estimate of drug-likeness (QED) is 0.644. The summed E-state index contributed by atoms with van der Waals surface area (Å²) in [5.41, 5.74) is 0. The van der Waals surface area contributed by atoms with Gasteiger partial charge in [-0.25, -0.2) is 9.18 Å². The highest BCUT2D eigenvalue weighted by Crippen LogP contribution is 2.11. The first-order valence-electron chi connectivity index (χ1n) is 5.70. The summed E-state index contributed by atoms with van der Waals surface area (Å²) in [6, 6.07) is 5.21. The molecule has 7 heteroatoms. The molecule has 0 spiro atoms. The third kappa shape index (κ3) is 6.87. The van der Waals surface area contributed by atoms with Gasteiger partial charge in [0.05, 0.1) is 13.0 Å². The summed E-state index contributed by atoms with van der Waals surface area (Å²) in [6.07, 6.45) is -0.132. The monoisotopic (exact) mass is 270 g/mol. The van der Waals surface area contributed by atoms with Crippen LogP contribution in [0.25, 0.3) is 0 Å². The second-order valence-electron chi connectivity index (χ2n) is 3.63. The lowest BCUT2D eigenvalue weighted by molar-refractivity contribution is -0.136. The van der Waals surface area contributed by atoms with Crippen LogP contribution in [0.2, 0.25) is 0 Å². The molecule has 104 valence electrons. The molecule has 0 aliphatic carbocycles. The molecule has 2 amide bonds. The number of amides is 2. The van der Waals surface area contributed by atoms with E-state index < -0.39 is 17.8 Å². The molecule has 0 bridgehead atoms. The number of ether oxygens (including phenoxy) is 1. The minimum atomic E-state index is -0.977. The van der Waals surface area contributed by atoms with E-state index in [4.69, 9.17) is 9.84 Å². The standard InChI is InChI=1S/C12H15FN2O4/c13-9-2-1-3-10(8-9)19-7-6-15-12(18)14-5-4-11(16)17/h1-3,8H,4-7H2,(H,16,17)(H2,14,15,18). The molecule has 0 atom stereocenters. The molecule has 0 aliphatic heterocycles. The molecule has 0 fully saturated rings. The van der Waals surface area contributed by atoms with Gasteiger partial charge in [-0.3, -0.25) is 4.79 Å². The number of aliphatic carboxylic acids is 1. The van der Waals surface area contributed by atoms with Crippen LogP contribution in [0.15, 0.2) is 24.3 Å². The molecular formula is C12H15FN2O4. The topological polar surface area (TPSA) is 87.7 Å². The largest absolute Gasteiger partial charge is 0.492 e. The SMILES string of the molecule is O=C(O)CCNC(=O)NCCOc1cccc(F)c1. The van der Waals surface area contributed by atoms with E-state index in [0.717, 1.165) is 0 Å². The highest BCUT2D eigenvalue weighted by atomic mass is 19.1. The first-order valence-corrected chi connectivity index (χ1v) is 5.70. The second-order valence-corrected chi connectivity index (χ2v) is 3.63. The van der Waals surface area contributed by atoms with Gasteiger partial charge in [0.15, 0.2) is 0 Å². The molecule has 0 heterocycles. The molecule has 0 saturated carbocycles. The molecule has 1 aromatic rings. The number of rotatable bonds is 7. The maximum Gasteiger partial charge on any atom is 0.314 e. The molecule has 0 aromatic heterocycles. The summed E-state index contributed by atoms with van der Waals surface area (Å²) in [5, 5.41) is 13.2. The first kappa shape index (κ1) is 14.7. The predicted octanol–water partition coefficient (Wildman–Crippen LogP) is 0.978. The number of hydrogen-bond donors (Lipinski definition) is 3. The number of carboxylic acids is 1. The van der Waals surface area contributed by atoms with E-state index in [1.165, 1.54) is 18.2 Å². The predicted molar refractivity (Wildman–Crippen MR) is 65.5 cm³/mol. The first-order chi connectivity index (χ1) is 9.08. The fourth-order valence-electron chi connectivity index (χ4n) is 1.24. The van der Waals surface area contributed by atoms with Crippen molar-refractivity contribution in [1.82, 2.24) is 10.6 Å². The van der Waals surface area contributed by atoms with Gasteiger partial charge < -0.3 is 20.5 Å². The summed E-state index contributed by atoms with van der Waals surface area (Å²) in [6.45, 7) is 0.483. The van der Waals surface area contributed by atoms with Gasteiger partial charge in [0.25, 0.3) is 0 Å². The number of carbonyl (C=O) groups is 2. The second kappa shape index (κ2) is 7.91. The number of urea groups is 1. The van der Waals surface area contributed by atoms with E-state index in [2.05, 4.69) is 10.6 Å². The van der Waals surface area contributed by atoms with Crippen molar-refractivity contribution in [1.29, 1.82) is 0 Å². The summed E-state index contributed by atoms with van der Waals surface area (Å²) < 4.78 is 18.0. The van der Waals surface area contributed by atoms with Crippen LogP contribution in [0, 0.1) is 5.82 Å². The minimum absolute atomic E-state index is 0.0614. The van der Waals surface area contributed by atoms with Crippen molar-refractivity contribution in [2.24, 2.45) is 0 Å². The molecule has 3 N–H and O–H groups in total. The van der Waals surface area contributed by atoms with Crippen LogP contribution in [-0.2, 0) is 4.79 Å². The van der Waals surface area contributed by atoms with Crippen LogP contribution in [-0.4, -0.2) is 36.8 Å². The number of carbonyl (C=O) groups excluding carboxylic acids is 1. The number of hydrogen-bond acceptors (Lipinski definition) is 3. The number of benzene rings is 1. The van der Waals surface area contributed by atoms with E-state index in [1.54, 1.807) is 6.07 Å². The van der Waals surface area contributed by atoms with Crippen molar-refractivity contribution >= 4 is 12.0 Å². The van der Waals surface area contributed by atoms with Crippen molar-refractivity contribution in [3.05, 3.63) is 30.1 Å². The zero-order valence-electron chi connectivity index (χ0n) is 10.2. The fraction of sp³-hybridized carbons (Fsp3) is 0.333. The van der Waals surface area contributed by atoms with Gasteiger partial charge in [-0.2, -0.15) is 0 Å². The smallest absolute Gasteiger partial charge is 0.314 e.